The first kappa shape index (κ1) is 28.6. The Balaban J connectivity index is 1.55. The molecule has 1 spiro atoms. The highest BCUT2D eigenvalue weighted by Gasteiger charge is 2.51. The van der Waals surface area contributed by atoms with Gasteiger partial charge >= 0.3 is 0 Å². The highest BCUT2D eigenvalue weighted by molar-refractivity contribution is 5.99. The summed E-state index contributed by atoms with van der Waals surface area (Å²) in [7, 11) is 0. The standard InChI is InChI=1S/C45H38/c1-6-13-33-23-24-34-28-32(21-20-30(4)31(33)5)22-26-36(34)35-25-27-40-39-17-10-12-19-43(39)45(44(40)29-35)41(15-8-3)37(14-7-2)38-16-9-11-18-42(38)45/h6-29H,4H2,1-3,5H3/b13-6-,14-7-,15-8-,21-20?,24-23?,33-31?. The van der Waals surface area contributed by atoms with Gasteiger partial charge in [0.05, 0.1) is 5.41 Å². The van der Waals surface area contributed by atoms with Crippen LogP contribution in [0.15, 0.2) is 145 Å². The molecule has 2 aliphatic rings. The van der Waals surface area contributed by atoms with Gasteiger partial charge in [0.25, 0.3) is 0 Å². The summed E-state index contributed by atoms with van der Waals surface area (Å²) in [5, 5.41) is 3.41. The molecule has 0 heteroatoms. The maximum atomic E-state index is 4.32. The number of benzene rings is 4. The zero-order chi connectivity index (χ0) is 31.1. The van der Waals surface area contributed by atoms with Crippen LogP contribution in [0.2, 0.25) is 0 Å². The summed E-state index contributed by atoms with van der Waals surface area (Å²) in [5.41, 5.74) is 15.1. The first-order chi connectivity index (χ1) is 22.0. The van der Waals surface area contributed by atoms with E-state index >= 15 is 0 Å². The van der Waals surface area contributed by atoms with Crippen LogP contribution in [0.3, 0.4) is 0 Å². The molecule has 0 aromatic heterocycles. The van der Waals surface area contributed by atoms with Crippen molar-refractivity contribution >= 4 is 29.0 Å². The molecular weight excluding hydrogens is 540 g/mol. The van der Waals surface area contributed by atoms with E-state index < -0.39 is 5.41 Å². The minimum Gasteiger partial charge on any atom is -0.0915 e. The molecule has 2 aliphatic carbocycles. The molecule has 0 saturated heterocycles. The number of rotatable bonds is 4. The zero-order valence-electron chi connectivity index (χ0n) is 26.6. The van der Waals surface area contributed by atoms with Crippen molar-refractivity contribution in [3.63, 3.8) is 0 Å². The number of allylic oxidation sites excluding steroid dienone is 7. The number of hydrogen-bond donors (Lipinski definition) is 0. The Hall–Kier alpha value is -5.20. The lowest BCUT2D eigenvalue weighted by Gasteiger charge is -2.32. The van der Waals surface area contributed by atoms with E-state index in [0.29, 0.717) is 0 Å². The highest BCUT2D eigenvalue weighted by Crippen LogP contribution is 2.62. The van der Waals surface area contributed by atoms with Crippen molar-refractivity contribution in [3.8, 4) is 22.3 Å². The lowest BCUT2D eigenvalue weighted by molar-refractivity contribution is 0.786. The van der Waals surface area contributed by atoms with E-state index in [2.05, 4.69) is 180 Å². The van der Waals surface area contributed by atoms with Crippen LogP contribution in [0.1, 0.15) is 54.2 Å². The zero-order valence-corrected chi connectivity index (χ0v) is 26.6. The summed E-state index contributed by atoms with van der Waals surface area (Å²) in [5.74, 6) is 0. The third-order valence-electron chi connectivity index (χ3n) is 9.59. The van der Waals surface area contributed by atoms with Crippen molar-refractivity contribution in [3.05, 3.63) is 184 Å². The molecule has 2 bridgehead atoms. The summed E-state index contributed by atoms with van der Waals surface area (Å²) in [6.45, 7) is 12.8. The molecule has 0 radical (unpaired) electrons. The van der Waals surface area contributed by atoms with Crippen molar-refractivity contribution in [2.45, 2.75) is 33.1 Å². The fraction of sp³-hybridized carbons (Fsp3) is 0.111. The van der Waals surface area contributed by atoms with Gasteiger partial charge in [0, 0.05) is 0 Å². The number of hydrogen-bond acceptors (Lipinski definition) is 0. The topological polar surface area (TPSA) is 0 Å². The predicted octanol–water partition coefficient (Wildman–Crippen LogP) is 11.3. The van der Waals surface area contributed by atoms with Crippen molar-refractivity contribution in [1.82, 2.24) is 0 Å². The van der Waals surface area contributed by atoms with Crippen LogP contribution >= 0.6 is 0 Å². The van der Waals surface area contributed by atoms with E-state index in [1.807, 2.05) is 0 Å². The van der Waals surface area contributed by atoms with Gasteiger partial charge in [-0.3, -0.25) is 0 Å². The van der Waals surface area contributed by atoms with Crippen molar-refractivity contribution in [1.29, 1.82) is 0 Å². The second-order valence-electron chi connectivity index (χ2n) is 12.0. The minimum atomic E-state index is -0.390. The molecule has 0 fully saturated rings. The Labute approximate surface area is 267 Å². The first-order valence-corrected chi connectivity index (χ1v) is 15.9. The monoisotopic (exact) mass is 578 g/mol. The van der Waals surface area contributed by atoms with E-state index in [1.54, 1.807) is 0 Å². The molecule has 0 N–H and O–H groups in total. The van der Waals surface area contributed by atoms with Crippen LogP contribution in [0.5, 0.6) is 0 Å². The fourth-order valence-electron chi connectivity index (χ4n) is 7.55. The third-order valence-corrected chi connectivity index (χ3v) is 9.59. The summed E-state index contributed by atoms with van der Waals surface area (Å²) < 4.78 is 0. The molecule has 5 aromatic carbocycles. The fourth-order valence-corrected chi connectivity index (χ4v) is 7.55. The first-order valence-electron chi connectivity index (χ1n) is 15.9. The van der Waals surface area contributed by atoms with Gasteiger partial charge < -0.3 is 0 Å². The molecule has 5 aromatic rings. The van der Waals surface area contributed by atoms with Crippen LogP contribution in [0, 0.1) is 6.92 Å². The minimum absolute atomic E-state index is 0.390. The average Bonchev–Trinajstić information content (AvgIpc) is 3.51. The lowest BCUT2D eigenvalue weighted by atomic mass is 9.69. The molecule has 7 rings (SSSR count). The number of fused-ring (bicyclic) bond motifs is 9. The SMILES string of the molecule is C=c1ccc2ccc(-c3ccc4c(c3)C3(C(/C=C\C)=C(/C=C\C)c5ccccc53)c3ccccc3-4)c(ccc(/C=C\C)c1C)c2. The van der Waals surface area contributed by atoms with Crippen LogP contribution < -0.4 is 5.22 Å². The van der Waals surface area contributed by atoms with Crippen molar-refractivity contribution in [2.24, 2.45) is 0 Å². The van der Waals surface area contributed by atoms with Crippen LogP contribution in [-0.2, 0) is 5.41 Å². The van der Waals surface area contributed by atoms with Crippen molar-refractivity contribution in [2.75, 3.05) is 0 Å². The van der Waals surface area contributed by atoms with E-state index in [0.717, 1.165) is 5.22 Å². The molecule has 0 saturated carbocycles. The normalized spacial score (nSPS) is 16.7. The second kappa shape index (κ2) is 11.4. The summed E-state index contributed by atoms with van der Waals surface area (Å²) in [6, 6.07) is 40.7. The Morgan fingerprint density at radius 1 is 0.556 bits per heavy atom. The molecule has 0 amide bonds. The lowest BCUT2D eigenvalue weighted by Crippen LogP contribution is -2.26. The molecule has 1 unspecified atom stereocenters. The van der Waals surface area contributed by atoms with Crippen LogP contribution in [-0.4, -0.2) is 0 Å². The van der Waals surface area contributed by atoms with Gasteiger partial charge in [0.1, 0.15) is 0 Å². The van der Waals surface area contributed by atoms with Crippen LogP contribution in [0.25, 0.3) is 51.3 Å². The molecule has 0 aliphatic heterocycles. The van der Waals surface area contributed by atoms with E-state index in [9.17, 15) is 0 Å². The maximum Gasteiger partial charge on any atom is 0.0725 e. The summed E-state index contributed by atoms with van der Waals surface area (Å²) >= 11 is 0. The second-order valence-corrected chi connectivity index (χ2v) is 12.0. The average molecular weight is 579 g/mol. The Morgan fingerprint density at radius 3 is 1.96 bits per heavy atom. The summed E-state index contributed by atoms with van der Waals surface area (Å²) in [4.78, 5) is 0. The molecule has 0 nitrogen and oxygen atoms in total. The maximum absolute atomic E-state index is 4.32. The van der Waals surface area contributed by atoms with Gasteiger partial charge in [-0.15, -0.1) is 0 Å². The van der Waals surface area contributed by atoms with Gasteiger partial charge in [0.15, 0.2) is 0 Å². The van der Waals surface area contributed by atoms with Gasteiger partial charge in [-0.25, -0.2) is 0 Å². The molecule has 218 valence electrons. The predicted molar refractivity (Wildman–Crippen MR) is 196 cm³/mol. The van der Waals surface area contributed by atoms with Gasteiger partial charge in [-0.05, 0) is 123 Å². The van der Waals surface area contributed by atoms with Gasteiger partial charge in [-0.2, -0.15) is 0 Å². The third kappa shape index (κ3) is 4.36. The van der Waals surface area contributed by atoms with Gasteiger partial charge in [0.2, 0.25) is 0 Å². The van der Waals surface area contributed by atoms with Crippen molar-refractivity contribution < 1.29 is 0 Å². The summed E-state index contributed by atoms with van der Waals surface area (Å²) in [6.07, 6.45) is 13.3. The largest absolute Gasteiger partial charge is 0.0915 e. The smallest absolute Gasteiger partial charge is 0.0725 e. The Kier molecular flexibility index (Phi) is 7.22. The molecule has 1 atom stereocenters. The highest BCUT2D eigenvalue weighted by atomic mass is 14.5. The van der Waals surface area contributed by atoms with E-state index in [-0.39, 0.29) is 0 Å². The Bertz CT molecular complexity index is 2220. The Morgan fingerprint density at radius 2 is 1.20 bits per heavy atom. The van der Waals surface area contributed by atoms with E-state index in [4.69, 9.17) is 0 Å². The quantitative estimate of drug-likeness (QED) is 0.199. The van der Waals surface area contributed by atoms with Crippen LogP contribution in [0.4, 0.5) is 0 Å². The molecular formula is C45H38. The van der Waals surface area contributed by atoms with Gasteiger partial charge in [-0.1, -0.05) is 140 Å². The van der Waals surface area contributed by atoms with E-state index in [1.165, 1.54) is 77.6 Å². The molecule has 0 heterocycles. The molecule has 45 heavy (non-hydrogen) atoms.